The second-order valence-corrected chi connectivity index (χ2v) is 3.49. The van der Waals surface area contributed by atoms with Gasteiger partial charge in [-0.15, -0.1) is 20.8 Å². The quantitative estimate of drug-likeness (QED) is 0.353. The Morgan fingerprint density at radius 3 is 1.64 bits per heavy atom. The second kappa shape index (κ2) is 17.0. The van der Waals surface area contributed by atoms with E-state index in [4.69, 9.17) is 11.6 Å². The third-order valence-electron chi connectivity index (χ3n) is 1.29. The zero-order chi connectivity index (χ0) is 8.95. The van der Waals surface area contributed by atoms with Crippen LogP contribution in [0.5, 0.6) is 0 Å². The fraction of sp³-hybridized carbons (Fsp3) is 1.00. The molecule has 0 aromatic heterocycles. The molecule has 0 radical (unpaired) electrons. The van der Waals surface area contributed by atoms with Gasteiger partial charge in [-0.2, -0.15) is 0 Å². The summed E-state index contributed by atoms with van der Waals surface area (Å²) in [5.41, 5.74) is 0. The van der Waals surface area contributed by atoms with Gasteiger partial charge < -0.3 is 0 Å². The van der Waals surface area contributed by atoms with Crippen LogP contribution in [0.2, 0.25) is 0 Å². The molecule has 0 aromatic carbocycles. The maximum atomic E-state index is 5.38. The highest BCUT2D eigenvalue weighted by molar-refractivity contribution is 7.16. The van der Waals surface area contributed by atoms with Gasteiger partial charge in [-0.1, -0.05) is 39.5 Å². The Kier molecular flexibility index (Phi) is 22.0. The Labute approximate surface area is 79.3 Å². The Morgan fingerprint density at radius 1 is 1.00 bits per heavy atom. The van der Waals surface area contributed by atoms with Gasteiger partial charge in [0.2, 0.25) is 0 Å². The van der Waals surface area contributed by atoms with Crippen molar-refractivity contribution in [3.63, 3.8) is 0 Å². The molecule has 1 atom stereocenters. The van der Waals surface area contributed by atoms with Crippen LogP contribution in [-0.4, -0.2) is 12.0 Å². The van der Waals surface area contributed by atoms with Crippen molar-refractivity contribution in [2.75, 3.05) is 12.0 Å². The van der Waals surface area contributed by atoms with Crippen LogP contribution in [0.15, 0.2) is 0 Å². The molecule has 0 saturated carbocycles. The molecule has 11 heavy (non-hydrogen) atoms. The number of hydrogen-bond acceptors (Lipinski definition) is 0. The van der Waals surface area contributed by atoms with Crippen LogP contribution < -0.4 is 0 Å². The Hall–Kier alpha value is 0.720. The van der Waals surface area contributed by atoms with E-state index in [0.717, 1.165) is 5.88 Å². The van der Waals surface area contributed by atoms with E-state index in [1.165, 1.54) is 38.3 Å². The van der Waals surface area contributed by atoms with E-state index in [2.05, 4.69) is 23.1 Å². The van der Waals surface area contributed by atoms with Crippen molar-refractivity contribution in [3.8, 4) is 0 Å². The average molecular weight is 197 g/mol. The van der Waals surface area contributed by atoms with Crippen LogP contribution in [0, 0.1) is 0 Å². The van der Waals surface area contributed by atoms with Gasteiger partial charge in [-0.25, -0.2) is 0 Å². The zero-order valence-corrected chi connectivity index (χ0v) is 9.82. The summed E-state index contributed by atoms with van der Waals surface area (Å²) in [6.45, 7) is 4.37. The van der Waals surface area contributed by atoms with Gasteiger partial charge in [-0.05, 0) is 12.6 Å². The first-order valence-corrected chi connectivity index (χ1v) is 5.94. The van der Waals surface area contributed by atoms with Gasteiger partial charge in [0.1, 0.15) is 0 Å². The van der Waals surface area contributed by atoms with E-state index in [-0.39, 0.29) is 0 Å². The SMILES string of the molecule is CCCCCCl.CCCCP. The molecule has 0 amide bonds. The molecule has 0 aliphatic rings. The molecule has 0 nitrogen and oxygen atoms in total. The molecule has 1 unspecified atom stereocenters. The largest absolute Gasteiger partial charge is 0.138 e. The minimum Gasteiger partial charge on any atom is -0.138 e. The molecule has 0 aliphatic carbocycles. The van der Waals surface area contributed by atoms with Crippen LogP contribution in [-0.2, 0) is 0 Å². The summed E-state index contributed by atoms with van der Waals surface area (Å²) in [7, 11) is 2.70. The smallest absolute Gasteiger partial charge is 0.0223 e. The lowest BCUT2D eigenvalue weighted by atomic mass is 10.3. The Bertz CT molecular complexity index is 42.8. The van der Waals surface area contributed by atoms with Crippen LogP contribution in [0.3, 0.4) is 0 Å². The summed E-state index contributed by atoms with van der Waals surface area (Å²) in [5.74, 6) is 0.827. The Balaban J connectivity index is 0. The van der Waals surface area contributed by atoms with Crippen LogP contribution >= 0.6 is 20.8 Å². The minimum absolute atomic E-state index is 0.827. The zero-order valence-electron chi connectivity index (χ0n) is 7.91. The fourth-order valence-corrected chi connectivity index (χ4v) is 1.15. The third-order valence-corrected chi connectivity index (χ3v) is 1.97. The lowest BCUT2D eigenvalue weighted by Crippen LogP contribution is -1.70. The first-order chi connectivity index (χ1) is 5.33. The molecule has 0 fully saturated rings. The van der Waals surface area contributed by atoms with Crippen LogP contribution in [0.1, 0.15) is 46.0 Å². The molecule has 0 aromatic rings. The first-order valence-electron chi connectivity index (χ1n) is 4.59. The van der Waals surface area contributed by atoms with Crippen LogP contribution in [0.25, 0.3) is 0 Å². The van der Waals surface area contributed by atoms with Crippen molar-refractivity contribution >= 4 is 20.8 Å². The van der Waals surface area contributed by atoms with E-state index in [1.54, 1.807) is 0 Å². The average Bonchev–Trinajstić information content (AvgIpc) is 2.04. The van der Waals surface area contributed by atoms with E-state index >= 15 is 0 Å². The summed E-state index contributed by atoms with van der Waals surface area (Å²) in [5, 5.41) is 0. The van der Waals surface area contributed by atoms with Gasteiger partial charge >= 0.3 is 0 Å². The number of alkyl halides is 1. The highest BCUT2D eigenvalue weighted by Crippen LogP contribution is 1.93. The second-order valence-electron chi connectivity index (χ2n) is 2.54. The van der Waals surface area contributed by atoms with Gasteiger partial charge in [0, 0.05) is 5.88 Å². The lowest BCUT2D eigenvalue weighted by molar-refractivity contribution is 0.776. The van der Waals surface area contributed by atoms with E-state index in [9.17, 15) is 0 Å². The van der Waals surface area contributed by atoms with Gasteiger partial charge in [-0.3, -0.25) is 0 Å². The van der Waals surface area contributed by atoms with Crippen molar-refractivity contribution in [1.29, 1.82) is 0 Å². The molecule has 0 bridgehead atoms. The molecular formula is C9H22ClP. The highest BCUT2D eigenvalue weighted by Gasteiger charge is 1.76. The van der Waals surface area contributed by atoms with Crippen LogP contribution in [0.4, 0.5) is 0 Å². The minimum atomic E-state index is 0.827. The summed E-state index contributed by atoms with van der Waals surface area (Å²) < 4.78 is 0. The first kappa shape index (κ1) is 14.3. The van der Waals surface area contributed by atoms with Crippen molar-refractivity contribution in [2.24, 2.45) is 0 Å². The number of rotatable bonds is 5. The van der Waals surface area contributed by atoms with Crippen molar-refractivity contribution < 1.29 is 0 Å². The van der Waals surface area contributed by atoms with Crippen molar-refractivity contribution in [3.05, 3.63) is 0 Å². The van der Waals surface area contributed by atoms with Gasteiger partial charge in [0.15, 0.2) is 0 Å². The van der Waals surface area contributed by atoms with Crippen molar-refractivity contribution in [2.45, 2.75) is 46.0 Å². The van der Waals surface area contributed by atoms with Crippen molar-refractivity contribution in [1.82, 2.24) is 0 Å². The lowest BCUT2D eigenvalue weighted by Gasteiger charge is -1.84. The molecule has 0 heterocycles. The van der Waals surface area contributed by atoms with E-state index in [0.29, 0.717) is 0 Å². The molecule has 70 valence electrons. The van der Waals surface area contributed by atoms with Gasteiger partial charge in [0.25, 0.3) is 0 Å². The summed E-state index contributed by atoms with van der Waals surface area (Å²) in [4.78, 5) is 0. The molecule has 0 rings (SSSR count). The molecule has 0 spiro atoms. The maximum absolute atomic E-state index is 5.38. The molecule has 2 heteroatoms. The van der Waals surface area contributed by atoms with Gasteiger partial charge in [0.05, 0.1) is 0 Å². The fourth-order valence-electron chi connectivity index (χ4n) is 0.549. The Morgan fingerprint density at radius 2 is 1.55 bits per heavy atom. The maximum Gasteiger partial charge on any atom is 0.0223 e. The summed E-state index contributed by atoms with van der Waals surface area (Å²) in [6.07, 6.45) is 7.67. The highest BCUT2D eigenvalue weighted by atomic mass is 35.5. The molecule has 0 N–H and O–H groups in total. The molecule has 0 aliphatic heterocycles. The number of unbranched alkanes of at least 4 members (excludes halogenated alkanes) is 3. The topological polar surface area (TPSA) is 0 Å². The predicted molar refractivity (Wildman–Crippen MR) is 59.7 cm³/mol. The third kappa shape index (κ3) is 24.9. The summed E-state index contributed by atoms with van der Waals surface area (Å²) in [6, 6.07) is 0. The number of halogens is 1. The van der Waals surface area contributed by atoms with E-state index in [1.807, 2.05) is 0 Å². The van der Waals surface area contributed by atoms with E-state index < -0.39 is 0 Å². The monoisotopic (exact) mass is 196 g/mol. The number of hydrogen-bond donors (Lipinski definition) is 0. The summed E-state index contributed by atoms with van der Waals surface area (Å²) >= 11 is 5.38. The normalized spacial score (nSPS) is 8.73. The molecular weight excluding hydrogens is 175 g/mol. The predicted octanol–water partition coefficient (Wildman–Crippen LogP) is 4.08. The standard InChI is InChI=1S/C5H11Cl.C4H11P/c1-2-3-4-5-6;1-2-3-4-5/h2-5H2,1H3;2-5H2,1H3. The molecule has 0 saturated heterocycles.